The van der Waals surface area contributed by atoms with E-state index in [-0.39, 0.29) is 17.9 Å². The van der Waals surface area contributed by atoms with E-state index >= 15 is 0 Å². The van der Waals surface area contributed by atoms with E-state index in [1.165, 1.54) is 0 Å². The van der Waals surface area contributed by atoms with Gasteiger partial charge < -0.3 is 9.64 Å². The van der Waals surface area contributed by atoms with Gasteiger partial charge in [0.25, 0.3) is 5.91 Å². The Hall–Kier alpha value is -2.04. The van der Waals surface area contributed by atoms with Crippen LogP contribution in [0.1, 0.15) is 26.7 Å². The monoisotopic (exact) mass is 288 g/mol. The molecule has 0 N–H and O–H groups in total. The molecule has 0 radical (unpaired) electrons. The molecular formula is C16H20N2O3. The van der Waals surface area contributed by atoms with Crippen LogP contribution in [0.4, 0.5) is 5.69 Å². The van der Waals surface area contributed by atoms with Gasteiger partial charge in [-0.25, -0.2) is 0 Å². The first-order chi connectivity index (χ1) is 10.1. The third-order valence-electron chi connectivity index (χ3n) is 4.21. The molecule has 1 aromatic carbocycles. The van der Waals surface area contributed by atoms with Crippen LogP contribution in [0.3, 0.4) is 0 Å². The smallest absolute Gasteiger partial charge is 0.250 e. The molecule has 0 aliphatic carbocycles. The fourth-order valence-corrected chi connectivity index (χ4v) is 3.23. The molecule has 21 heavy (non-hydrogen) atoms. The molecule has 112 valence electrons. The van der Waals surface area contributed by atoms with Gasteiger partial charge in [-0.2, -0.15) is 0 Å². The highest BCUT2D eigenvalue weighted by molar-refractivity contribution is 6.08. The second kappa shape index (κ2) is 5.39. The Labute approximate surface area is 124 Å². The Morgan fingerprint density at radius 3 is 2.86 bits per heavy atom. The van der Waals surface area contributed by atoms with Crippen LogP contribution in [-0.2, 0) is 9.59 Å². The number of rotatable bonds is 3. The van der Waals surface area contributed by atoms with Crippen LogP contribution in [0.5, 0.6) is 5.75 Å². The van der Waals surface area contributed by atoms with Crippen molar-refractivity contribution < 1.29 is 14.3 Å². The molecule has 2 atom stereocenters. The standard InChI is InChI=1S/C16H20N2O3/c1-3-21-13-7-4-6-12(10-13)18-11(2)15(19)17-9-5-8-14(17)16(18)20/h4,6-7,10-11,14H,3,5,8-9H2,1-2H3. The van der Waals surface area contributed by atoms with Crippen molar-refractivity contribution >= 4 is 17.5 Å². The van der Waals surface area contributed by atoms with E-state index in [1.54, 1.807) is 16.7 Å². The number of benzene rings is 1. The van der Waals surface area contributed by atoms with E-state index < -0.39 is 6.04 Å². The van der Waals surface area contributed by atoms with E-state index in [0.29, 0.717) is 13.2 Å². The molecule has 1 aromatic rings. The second-order valence-electron chi connectivity index (χ2n) is 5.50. The number of piperazine rings is 1. The van der Waals surface area contributed by atoms with E-state index in [1.807, 2.05) is 31.2 Å². The Morgan fingerprint density at radius 1 is 1.29 bits per heavy atom. The zero-order valence-corrected chi connectivity index (χ0v) is 12.4. The molecule has 0 saturated carbocycles. The summed E-state index contributed by atoms with van der Waals surface area (Å²) >= 11 is 0. The molecule has 3 rings (SSSR count). The highest BCUT2D eigenvalue weighted by atomic mass is 16.5. The van der Waals surface area contributed by atoms with E-state index in [2.05, 4.69) is 0 Å². The maximum atomic E-state index is 12.7. The average molecular weight is 288 g/mol. The Bertz CT molecular complexity index is 572. The summed E-state index contributed by atoms with van der Waals surface area (Å²) in [7, 11) is 0. The summed E-state index contributed by atoms with van der Waals surface area (Å²) < 4.78 is 5.49. The van der Waals surface area contributed by atoms with Crippen molar-refractivity contribution in [2.75, 3.05) is 18.1 Å². The van der Waals surface area contributed by atoms with Crippen molar-refractivity contribution in [1.82, 2.24) is 4.90 Å². The van der Waals surface area contributed by atoms with Crippen molar-refractivity contribution in [3.63, 3.8) is 0 Å². The van der Waals surface area contributed by atoms with Gasteiger partial charge >= 0.3 is 0 Å². The largest absolute Gasteiger partial charge is 0.494 e. The number of hydrogen-bond acceptors (Lipinski definition) is 3. The maximum Gasteiger partial charge on any atom is 0.250 e. The van der Waals surface area contributed by atoms with Crippen molar-refractivity contribution in [1.29, 1.82) is 0 Å². The fourth-order valence-electron chi connectivity index (χ4n) is 3.23. The summed E-state index contributed by atoms with van der Waals surface area (Å²) in [4.78, 5) is 28.5. The maximum absolute atomic E-state index is 12.7. The Balaban J connectivity index is 1.94. The van der Waals surface area contributed by atoms with Crippen LogP contribution < -0.4 is 9.64 Å². The second-order valence-corrected chi connectivity index (χ2v) is 5.50. The van der Waals surface area contributed by atoms with Gasteiger partial charge in [0.2, 0.25) is 5.91 Å². The predicted octanol–water partition coefficient (Wildman–Crippen LogP) is 1.81. The van der Waals surface area contributed by atoms with E-state index in [0.717, 1.165) is 24.3 Å². The van der Waals surface area contributed by atoms with Crippen LogP contribution in [0.25, 0.3) is 0 Å². The minimum atomic E-state index is -0.455. The Kier molecular flexibility index (Phi) is 3.57. The number of hydrogen-bond donors (Lipinski definition) is 0. The van der Waals surface area contributed by atoms with Crippen LogP contribution in [0.2, 0.25) is 0 Å². The number of fused-ring (bicyclic) bond motifs is 1. The number of carbonyl (C=O) groups excluding carboxylic acids is 2. The number of nitrogens with zero attached hydrogens (tertiary/aromatic N) is 2. The van der Waals surface area contributed by atoms with E-state index in [9.17, 15) is 9.59 Å². The van der Waals surface area contributed by atoms with Crippen molar-refractivity contribution in [3.05, 3.63) is 24.3 Å². The third-order valence-corrected chi connectivity index (χ3v) is 4.21. The molecule has 0 spiro atoms. The predicted molar refractivity (Wildman–Crippen MR) is 79.3 cm³/mol. The van der Waals surface area contributed by atoms with Crippen LogP contribution in [-0.4, -0.2) is 41.9 Å². The van der Waals surface area contributed by atoms with E-state index in [4.69, 9.17) is 4.74 Å². The summed E-state index contributed by atoms with van der Waals surface area (Å²) in [6, 6.07) is 6.65. The van der Waals surface area contributed by atoms with Gasteiger partial charge in [-0.15, -0.1) is 0 Å². The molecule has 2 amide bonds. The summed E-state index contributed by atoms with van der Waals surface area (Å²) in [6.07, 6.45) is 1.67. The van der Waals surface area contributed by atoms with Crippen LogP contribution in [0.15, 0.2) is 24.3 Å². The zero-order chi connectivity index (χ0) is 15.0. The number of amides is 2. The first-order valence-electron chi connectivity index (χ1n) is 7.50. The topological polar surface area (TPSA) is 49.9 Å². The number of anilines is 1. The third kappa shape index (κ3) is 2.26. The van der Waals surface area contributed by atoms with Crippen LogP contribution in [0, 0.1) is 0 Å². The SMILES string of the molecule is CCOc1cccc(N2C(=O)C3CCCN3C(=O)C2C)c1. The first-order valence-corrected chi connectivity index (χ1v) is 7.50. The lowest BCUT2D eigenvalue weighted by molar-refractivity contribution is -0.143. The number of ether oxygens (including phenoxy) is 1. The lowest BCUT2D eigenvalue weighted by atomic mass is 10.0. The quantitative estimate of drug-likeness (QED) is 0.852. The molecule has 2 aliphatic heterocycles. The lowest BCUT2D eigenvalue weighted by Gasteiger charge is -2.40. The number of carbonyl (C=O) groups is 2. The van der Waals surface area contributed by atoms with Crippen molar-refractivity contribution in [2.24, 2.45) is 0 Å². The highest BCUT2D eigenvalue weighted by Gasteiger charge is 2.46. The Morgan fingerprint density at radius 2 is 2.10 bits per heavy atom. The summed E-state index contributed by atoms with van der Waals surface area (Å²) in [6.45, 7) is 4.98. The molecule has 2 unspecified atom stereocenters. The summed E-state index contributed by atoms with van der Waals surface area (Å²) in [5.41, 5.74) is 0.735. The molecule has 5 nitrogen and oxygen atoms in total. The minimum Gasteiger partial charge on any atom is -0.494 e. The molecule has 2 saturated heterocycles. The lowest BCUT2D eigenvalue weighted by Crippen LogP contribution is -2.62. The van der Waals surface area contributed by atoms with Gasteiger partial charge in [-0.05, 0) is 38.8 Å². The molecular weight excluding hydrogens is 268 g/mol. The van der Waals surface area contributed by atoms with Crippen molar-refractivity contribution in [2.45, 2.75) is 38.8 Å². The fraction of sp³-hybridized carbons (Fsp3) is 0.500. The molecule has 2 heterocycles. The molecule has 0 bridgehead atoms. The van der Waals surface area contributed by atoms with Gasteiger partial charge in [0, 0.05) is 18.3 Å². The van der Waals surface area contributed by atoms with Crippen molar-refractivity contribution in [3.8, 4) is 5.75 Å². The van der Waals surface area contributed by atoms with Gasteiger partial charge in [-0.1, -0.05) is 6.07 Å². The molecule has 2 aliphatic rings. The average Bonchev–Trinajstić information content (AvgIpc) is 2.96. The summed E-state index contributed by atoms with van der Waals surface area (Å²) in [5, 5.41) is 0. The molecule has 2 fully saturated rings. The zero-order valence-electron chi connectivity index (χ0n) is 12.4. The van der Waals surface area contributed by atoms with Gasteiger partial charge in [-0.3, -0.25) is 14.5 Å². The summed E-state index contributed by atoms with van der Waals surface area (Å²) in [5.74, 6) is 0.781. The van der Waals surface area contributed by atoms with Crippen LogP contribution >= 0.6 is 0 Å². The van der Waals surface area contributed by atoms with Gasteiger partial charge in [0.1, 0.15) is 17.8 Å². The first kappa shape index (κ1) is 13.9. The normalized spacial score (nSPS) is 25.2. The minimum absolute atomic E-state index is 0.0215. The molecule has 5 heteroatoms. The van der Waals surface area contributed by atoms with Gasteiger partial charge in [0.05, 0.1) is 6.61 Å². The highest BCUT2D eigenvalue weighted by Crippen LogP contribution is 2.32. The van der Waals surface area contributed by atoms with Gasteiger partial charge in [0.15, 0.2) is 0 Å². The molecule has 0 aromatic heterocycles.